The van der Waals surface area contributed by atoms with Gasteiger partial charge in [0, 0.05) is 17.6 Å². The largest absolute Gasteiger partial charge is 0.384 e. The van der Waals surface area contributed by atoms with Crippen LogP contribution in [-0.2, 0) is 11.2 Å². The van der Waals surface area contributed by atoms with E-state index in [1.165, 1.54) is 36.9 Å². The van der Waals surface area contributed by atoms with Crippen LogP contribution in [0.25, 0.3) is 0 Å². The van der Waals surface area contributed by atoms with Crippen LogP contribution in [0.15, 0.2) is 24.3 Å². The van der Waals surface area contributed by atoms with Gasteiger partial charge in [0.15, 0.2) is 0 Å². The third-order valence-electron chi connectivity index (χ3n) is 3.64. The van der Waals surface area contributed by atoms with E-state index in [1.54, 1.807) is 0 Å². The molecule has 100 valence electrons. The van der Waals surface area contributed by atoms with Crippen molar-refractivity contribution in [2.24, 2.45) is 5.41 Å². The zero-order valence-electron chi connectivity index (χ0n) is 11.7. The van der Waals surface area contributed by atoms with Gasteiger partial charge in [0.25, 0.3) is 0 Å². The number of aryl methyl sites for hydroxylation is 1. The van der Waals surface area contributed by atoms with Crippen molar-refractivity contribution in [1.29, 1.82) is 0 Å². The molecule has 0 spiro atoms. The number of anilines is 1. The van der Waals surface area contributed by atoms with E-state index >= 15 is 0 Å². The molecule has 1 saturated heterocycles. The van der Waals surface area contributed by atoms with E-state index in [9.17, 15) is 0 Å². The molecule has 2 nitrogen and oxygen atoms in total. The highest BCUT2D eigenvalue weighted by Crippen LogP contribution is 2.26. The molecule has 0 aromatic heterocycles. The van der Waals surface area contributed by atoms with Gasteiger partial charge in [0.2, 0.25) is 0 Å². The second kappa shape index (κ2) is 6.24. The van der Waals surface area contributed by atoms with E-state index in [4.69, 9.17) is 4.74 Å². The van der Waals surface area contributed by atoms with E-state index in [-0.39, 0.29) is 0 Å². The molecule has 1 aromatic carbocycles. The van der Waals surface area contributed by atoms with Gasteiger partial charge in [-0.05, 0) is 30.5 Å². The second-order valence-corrected chi connectivity index (χ2v) is 5.81. The van der Waals surface area contributed by atoms with E-state index in [0.29, 0.717) is 5.41 Å². The zero-order valence-corrected chi connectivity index (χ0v) is 11.7. The predicted molar refractivity (Wildman–Crippen MR) is 77.1 cm³/mol. The highest BCUT2D eigenvalue weighted by Gasteiger charge is 2.32. The number of ether oxygens (including phenoxy) is 1. The van der Waals surface area contributed by atoms with Gasteiger partial charge in [-0.1, -0.05) is 38.8 Å². The minimum absolute atomic E-state index is 0.333. The topological polar surface area (TPSA) is 21.3 Å². The van der Waals surface area contributed by atoms with Crippen LogP contribution in [0, 0.1) is 5.41 Å². The number of rotatable bonds is 7. The summed E-state index contributed by atoms with van der Waals surface area (Å²) in [6.07, 6.45) is 5.14. The fourth-order valence-electron chi connectivity index (χ4n) is 2.24. The summed E-state index contributed by atoms with van der Waals surface area (Å²) in [6.45, 7) is 7.28. The Morgan fingerprint density at radius 1 is 1.17 bits per heavy atom. The van der Waals surface area contributed by atoms with Gasteiger partial charge in [0.05, 0.1) is 13.2 Å². The molecule has 0 atom stereocenters. The van der Waals surface area contributed by atoms with Crippen LogP contribution in [0.1, 0.15) is 38.7 Å². The summed E-state index contributed by atoms with van der Waals surface area (Å²) in [5.41, 5.74) is 3.01. The first-order chi connectivity index (χ1) is 8.72. The third kappa shape index (κ3) is 3.74. The van der Waals surface area contributed by atoms with Crippen molar-refractivity contribution in [3.05, 3.63) is 29.8 Å². The molecule has 1 fully saturated rings. The molecular weight excluding hydrogens is 222 g/mol. The molecule has 0 saturated carbocycles. The van der Waals surface area contributed by atoms with Crippen LogP contribution in [-0.4, -0.2) is 19.8 Å². The number of hydrogen-bond donors (Lipinski definition) is 1. The Bertz CT molecular complexity index is 354. The maximum atomic E-state index is 5.26. The van der Waals surface area contributed by atoms with Crippen LogP contribution < -0.4 is 5.32 Å². The second-order valence-electron chi connectivity index (χ2n) is 5.81. The van der Waals surface area contributed by atoms with Crippen LogP contribution >= 0.6 is 0 Å². The van der Waals surface area contributed by atoms with Gasteiger partial charge in [-0.3, -0.25) is 0 Å². The highest BCUT2D eigenvalue weighted by molar-refractivity contribution is 5.44. The average Bonchev–Trinajstić information content (AvgIpc) is 2.36. The summed E-state index contributed by atoms with van der Waals surface area (Å²) in [7, 11) is 0. The lowest BCUT2D eigenvalue weighted by molar-refractivity contribution is -0.0924. The summed E-state index contributed by atoms with van der Waals surface area (Å²) in [5, 5.41) is 3.50. The molecule has 1 aromatic rings. The van der Waals surface area contributed by atoms with Crippen LogP contribution in [0.5, 0.6) is 0 Å². The molecule has 2 heteroatoms. The summed E-state index contributed by atoms with van der Waals surface area (Å²) in [6, 6.07) is 8.89. The van der Waals surface area contributed by atoms with Crippen molar-refractivity contribution in [1.82, 2.24) is 0 Å². The Kier molecular flexibility index (Phi) is 4.65. The number of nitrogens with one attached hydrogen (secondary N) is 1. The van der Waals surface area contributed by atoms with E-state index < -0.39 is 0 Å². The van der Waals surface area contributed by atoms with Crippen LogP contribution in [0.2, 0.25) is 0 Å². The first-order valence-corrected chi connectivity index (χ1v) is 7.12. The highest BCUT2D eigenvalue weighted by atomic mass is 16.5. The molecule has 2 rings (SSSR count). The quantitative estimate of drug-likeness (QED) is 0.739. The van der Waals surface area contributed by atoms with Crippen LogP contribution in [0.4, 0.5) is 5.69 Å². The van der Waals surface area contributed by atoms with Gasteiger partial charge in [0.1, 0.15) is 0 Å². The normalized spacial score (nSPS) is 17.2. The van der Waals surface area contributed by atoms with Crippen molar-refractivity contribution >= 4 is 5.69 Å². The fourth-order valence-corrected chi connectivity index (χ4v) is 2.24. The summed E-state index contributed by atoms with van der Waals surface area (Å²) in [5.74, 6) is 0. The molecule has 0 bridgehead atoms. The van der Waals surface area contributed by atoms with E-state index in [0.717, 1.165) is 19.8 Å². The van der Waals surface area contributed by atoms with Gasteiger partial charge >= 0.3 is 0 Å². The van der Waals surface area contributed by atoms with Crippen molar-refractivity contribution in [3.63, 3.8) is 0 Å². The Balaban J connectivity index is 1.76. The van der Waals surface area contributed by atoms with Gasteiger partial charge in [-0.2, -0.15) is 0 Å². The zero-order chi connectivity index (χ0) is 12.8. The molecule has 1 aliphatic rings. The Morgan fingerprint density at radius 3 is 2.44 bits per heavy atom. The Hall–Kier alpha value is -1.02. The third-order valence-corrected chi connectivity index (χ3v) is 3.64. The summed E-state index contributed by atoms with van der Waals surface area (Å²) >= 11 is 0. The molecule has 0 amide bonds. The van der Waals surface area contributed by atoms with Gasteiger partial charge in [-0.15, -0.1) is 0 Å². The van der Waals surface area contributed by atoms with Crippen LogP contribution in [0.3, 0.4) is 0 Å². The van der Waals surface area contributed by atoms with Crippen molar-refractivity contribution < 1.29 is 4.74 Å². The lowest BCUT2D eigenvalue weighted by atomic mass is 9.88. The molecule has 0 unspecified atom stereocenters. The minimum Gasteiger partial charge on any atom is -0.384 e. The standard InChI is InChI=1S/C16H25NO/c1-3-4-5-6-14-7-9-15(10-8-14)17-11-16(2)12-18-13-16/h7-10,17H,3-6,11-13H2,1-2H3. The van der Waals surface area contributed by atoms with Gasteiger partial charge < -0.3 is 10.1 Å². The Labute approximate surface area is 111 Å². The molecular formula is C16H25NO. The van der Waals surface area contributed by atoms with E-state index in [1.807, 2.05) is 0 Å². The minimum atomic E-state index is 0.333. The lowest BCUT2D eigenvalue weighted by Gasteiger charge is -2.38. The smallest absolute Gasteiger partial charge is 0.0559 e. The van der Waals surface area contributed by atoms with E-state index in [2.05, 4.69) is 43.4 Å². The monoisotopic (exact) mass is 247 g/mol. The van der Waals surface area contributed by atoms with Crippen molar-refractivity contribution in [2.45, 2.75) is 39.5 Å². The average molecular weight is 247 g/mol. The molecule has 1 heterocycles. The first kappa shape index (κ1) is 13.4. The molecule has 1 aliphatic heterocycles. The number of unbranched alkanes of at least 4 members (excludes halogenated alkanes) is 2. The SMILES string of the molecule is CCCCCc1ccc(NCC2(C)COC2)cc1. The first-order valence-electron chi connectivity index (χ1n) is 7.12. The van der Waals surface area contributed by atoms with Crippen molar-refractivity contribution in [2.75, 3.05) is 25.1 Å². The van der Waals surface area contributed by atoms with Gasteiger partial charge in [-0.25, -0.2) is 0 Å². The molecule has 1 N–H and O–H groups in total. The summed E-state index contributed by atoms with van der Waals surface area (Å²) in [4.78, 5) is 0. The fraction of sp³-hybridized carbons (Fsp3) is 0.625. The van der Waals surface area contributed by atoms with Crippen molar-refractivity contribution in [3.8, 4) is 0 Å². The maximum absolute atomic E-state index is 5.26. The Morgan fingerprint density at radius 2 is 1.89 bits per heavy atom. The molecule has 0 radical (unpaired) electrons. The maximum Gasteiger partial charge on any atom is 0.0559 e. The molecule has 18 heavy (non-hydrogen) atoms. The molecule has 0 aliphatic carbocycles. The number of benzene rings is 1. The predicted octanol–water partition coefficient (Wildman–Crippen LogP) is 3.87. The lowest BCUT2D eigenvalue weighted by Crippen LogP contribution is -2.45. The number of hydrogen-bond acceptors (Lipinski definition) is 2. The summed E-state index contributed by atoms with van der Waals surface area (Å²) < 4.78 is 5.26.